The van der Waals surface area contributed by atoms with Crippen molar-refractivity contribution in [3.05, 3.63) is 41.8 Å². The quantitative estimate of drug-likeness (QED) is 0.481. The maximum atomic E-state index is 4.36. The summed E-state index contributed by atoms with van der Waals surface area (Å²) in [6.45, 7) is 0. The monoisotopic (exact) mass is 224 g/mol. The Labute approximate surface area is 95.7 Å². The van der Waals surface area contributed by atoms with Gasteiger partial charge in [0.15, 0.2) is 0 Å². The third kappa shape index (κ3) is 0.933. The maximum absolute atomic E-state index is 4.36. The molecule has 0 fully saturated rings. The van der Waals surface area contributed by atoms with Gasteiger partial charge in [-0.25, -0.2) is 0 Å². The van der Waals surface area contributed by atoms with Gasteiger partial charge in [-0.2, -0.15) is 4.37 Å². The standard InChI is InChI=1S/C13H8N2S/c1-2-4-11-8(3-1)9-5-6-12-10(7-16-15-12)13(9)14-11/h1-7,14H. The molecule has 76 valence electrons. The summed E-state index contributed by atoms with van der Waals surface area (Å²) < 4.78 is 4.36. The number of H-pyrrole nitrogens is 1. The van der Waals surface area contributed by atoms with Crippen LogP contribution in [0.4, 0.5) is 0 Å². The van der Waals surface area contributed by atoms with Gasteiger partial charge in [-0.15, -0.1) is 0 Å². The predicted molar refractivity (Wildman–Crippen MR) is 69.0 cm³/mol. The molecule has 3 heteroatoms. The van der Waals surface area contributed by atoms with Gasteiger partial charge in [-0.1, -0.05) is 18.2 Å². The second-order valence-corrected chi connectivity index (χ2v) is 4.54. The third-order valence-electron chi connectivity index (χ3n) is 3.02. The van der Waals surface area contributed by atoms with Crippen LogP contribution in [-0.2, 0) is 0 Å². The van der Waals surface area contributed by atoms with Gasteiger partial charge < -0.3 is 4.98 Å². The fraction of sp³-hybridized carbons (Fsp3) is 0. The summed E-state index contributed by atoms with van der Waals surface area (Å²) in [5.41, 5.74) is 3.47. The van der Waals surface area contributed by atoms with Crippen LogP contribution < -0.4 is 0 Å². The van der Waals surface area contributed by atoms with Crippen molar-refractivity contribution < 1.29 is 0 Å². The van der Waals surface area contributed by atoms with Crippen molar-refractivity contribution in [1.82, 2.24) is 9.36 Å². The van der Waals surface area contributed by atoms with Crippen LogP contribution in [0.1, 0.15) is 0 Å². The van der Waals surface area contributed by atoms with Crippen molar-refractivity contribution in [2.75, 3.05) is 0 Å². The highest BCUT2D eigenvalue weighted by Gasteiger charge is 2.07. The SMILES string of the molecule is c1ccc2c(c1)[nH]c1c3csnc3ccc21. The summed E-state index contributed by atoms with van der Waals surface area (Å²) in [6.07, 6.45) is 0. The minimum atomic E-state index is 1.07. The van der Waals surface area contributed by atoms with E-state index < -0.39 is 0 Å². The molecule has 16 heavy (non-hydrogen) atoms. The highest BCUT2D eigenvalue weighted by Crippen LogP contribution is 2.31. The van der Waals surface area contributed by atoms with Gasteiger partial charge in [0.1, 0.15) is 0 Å². The lowest BCUT2D eigenvalue weighted by atomic mass is 10.1. The number of para-hydroxylation sites is 1. The number of benzene rings is 2. The first-order chi connectivity index (χ1) is 7.93. The molecule has 0 radical (unpaired) electrons. The molecule has 0 aliphatic rings. The molecule has 4 rings (SSSR count). The number of aromatic amines is 1. The van der Waals surface area contributed by atoms with Crippen molar-refractivity contribution in [2.24, 2.45) is 0 Å². The van der Waals surface area contributed by atoms with Gasteiger partial charge in [0.05, 0.1) is 11.0 Å². The average molecular weight is 224 g/mol. The summed E-state index contributed by atoms with van der Waals surface area (Å²) in [5, 5.41) is 5.89. The van der Waals surface area contributed by atoms with Gasteiger partial charge in [-0.05, 0) is 29.7 Å². The molecule has 0 aliphatic heterocycles. The fourth-order valence-electron chi connectivity index (χ4n) is 2.26. The van der Waals surface area contributed by atoms with Crippen LogP contribution >= 0.6 is 11.5 Å². The number of nitrogens with zero attached hydrogens (tertiary/aromatic N) is 1. The van der Waals surface area contributed by atoms with Gasteiger partial charge >= 0.3 is 0 Å². The van der Waals surface area contributed by atoms with E-state index in [-0.39, 0.29) is 0 Å². The molecule has 0 aliphatic carbocycles. The summed E-state index contributed by atoms with van der Waals surface area (Å²) in [4.78, 5) is 3.47. The van der Waals surface area contributed by atoms with Crippen molar-refractivity contribution in [2.45, 2.75) is 0 Å². The Bertz CT molecular complexity index is 810. The summed E-state index contributed by atoms with van der Waals surface area (Å²) in [7, 11) is 0. The number of fused-ring (bicyclic) bond motifs is 5. The van der Waals surface area contributed by atoms with Gasteiger partial charge in [0.2, 0.25) is 0 Å². The number of aromatic nitrogens is 2. The zero-order valence-electron chi connectivity index (χ0n) is 8.40. The summed E-state index contributed by atoms with van der Waals surface area (Å²) in [5.74, 6) is 0. The van der Waals surface area contributed by atoms with Crippen molar-refractivity contribution in [3.63, 3.8) is 0 Å². The Morgan fingerprint density at radius 3 is 2.88 bits per heavy atom. The summed E-state index contributed by atoms with van der Waals surface area (Å²) >= 11 is 1.51. The molecular weight excluding hydrogens is 216 g/mol. The van der Waals surface area contributed by atoms with E-state index in [1.54, 1.807) is 0 Å². The first-order valence-corrected chi connectivity index (χ1v) is 6.01. The second-order valence-electron chi connectivity index (χ2n) is 3.91. The Kier molecular flexibility index (Phi) is 1.47. The van der Waals surface area contributed by atoms with E-state index in [2.05, 4.69) is 51.1 Å². The van der Waals surface area contributed by atoms with E-state index in [0.717, 1.165) is 5.52 Å². The molecule has 2 aromatic heterocycles. The molecule has 0 spiro atoms. The van der Waals surface area contributed by atoms with Crippen LogP contribution in [0, 0.1) is 0 Å². The first-order valence-electron chi connectivity index (χ1n) is 5.17. The molecule has 0 saturated heterocycles. The predicted octanol–water partition coefficient (Wildman–Crippen LogP) is 3.93. The molecule has 2 heterocycles. The number of hydrogen-bond donors (Lipinski definition) is 1. The lowest BCUT2D eigenvalue weighted by Gasteiger charge is -1.91. The topological polar surface area (TPSA) is 28.7 Å². The van der Waals surface area contributed by atoms with Crippen LogP contribution in [0.5, 0.6) is 0 Å². The molecule has 0 amide bonds. The maximum Gasteiger partial charge on any atom is 0.0862 e. The largest absolute Gasteiger partial charge is 0.354 e. The molecule has 0 saturated carbocycles. The molecule has 0 unspecified atom stereocenters. The minimum Gasteiger partial charge on any atom is -0.354 e. The molecule has 0 bridgehead atoms. The van der Waals surface area contributed by atoms with E-state index in [0.29, 0.717) is 0 Å². The van der Waals surface area contributed by atoms with E-state index in [1.807, 2.05) is 0 Å². The lowest BCUT2D eigenvalue weighted by Crippen LogP contribution is -1.70. The van der Waals surface area contributed by atoms with Crippen LogP contribution in [-0.4, -0.2) is 9.36 Å². The highest BCUT2D eigenvalue weighted by atomic mass is 32.1. The fourth-order valence-corrected chi connectivity index (χ4v) is 2.93. The smallest absolute Gasteiger partial charge is 0.0862 e. The van der Waals surface area contributed by atoms with Gasteiger partial charge in [-0.3, -0.25) is 0 Å². The van der Waals surface area contributed by atoms with E-state index in [9.17, 15) is 0 Å². The van der Waals surface area contributed by atoms with Crippen molar-refractivity contribution in [1.29, 1.82) is 0 Å². The second kappa shape index (κ2) is 2.83. The van der Waals surface area contributed by atoms with Gasteiger partial charge in [0, 0.05) is 27.1 Å². The van der Waals surface area contributed by atoms with E-state index >= 15 is 0 Å². The van der Waals surface area contributed by atoms with E-state index in [1.165, 1.54) is 38.7 Å². The Morgan fingerprint density at radius 1 is 0.938 bits per heavy atom. The highest BCUT2D eigenvalue weighted by molar-refractivity contribution is 7.05. The molecule has 2 aromatic carbocycles. The number of nitrogens with one attached hydrogen (secondary N) is 1. The van der Waals surface area contributed by atoms with Gasteiger partial charge in [0.25, 0.3) is 0 Å². The molecule has 2 nitrogen and oxygen atoms in total. The van der Waals surface area contributed by atoms with E-state index in [4.69, 9.17) is 0 Å². The van der Waals surface area contributed by atoms with Crippen molar-refractivity contribution in [3.8, 4) is 0 Å². The first kappa shape index (κ1) is 8.30. The average Bonchev–Trinajstić information content (AvgIpc) is 2.92. The van der Waals surface area contributed by atoms with Crippen LogP contribution in [0.3, 0.4) is 0 Å². The molecule has 1 N–H and O–H groups in total. The zero-order valence-corrected chi connectivity index (χ0v) is 9.21. The van der Waals surface area contributed by atoms with Crippen LogP contribution in [0.2, 0.25) is 0 Å². The lowest BCUT2D eigenvalue weighted by molar-refractivity contribution is 1.56. The van der Waals surface area contributed by atoms with Crippen LogP contribution in [0.15, 0.2) is 41.8 Å². The number of rotatable bonds is 0. The normalized spacial score (nSPS) is 11.8. The third-order valence-corrected chi connectivity index (χ3v) is 3.66. The Morgan fingerprint density at radius 2 is 1.88 bits per heavy atom. The molecule has 4 aromatic rings. The Balaban J connectivity index is 2.38. The zero-order chi connectivity index (χ0) is 10.5. The molecule has 0 atom stereocenters. The molecular formula is C13H8N2S. The van der Waals surface area contributed by atoms with Crippen molar-refractivity contribution >= 4 is 44.2 Å². The summed E-state index contributed by atoms with van der Waals surface area (Å²) in [6, 6.07) is 12.6. The van der Waals surface area contributed by atoms with Crippen LogP contribution in [0.25, 0.3) is 32.7 Å². The Hall–Kier alpha value is -1.87. The minimum absolute atomic E-state index is 1.07. The number of hydrogen-bond acceptors (Lipinski definition) is 2.